The minimum absolute atomic E-state index is 0.0771. The van der Waals surface area contributed by atoms with Crippen LogP contribution in [0.25, 0.3) is 0 Å². The molecule has 0 radical (unpaired) electrons. The molecule has 2 rings (SSSR count). The van der Waals surface area contributed by atoms with E-state index in [0.29, 0.717) is 12.5 Å². The minimum atomic E-state index is 0.0771. The number of carbonyl (C=O) groups excluding carboxylic acids is 1. The van der Waals surface area contributed by atoms with E-state index in [4.69, 9.17) is 5.73 Å². The highest BCUT2D eigenvalue weighted by atomic mass is 16.1. The molecule has 1 aromatic rings. The third-order valence-corrected chi connectivity index (χ3v) is 4.40. The molecule has 4 heteroatoms. The van der Waals surface area contributed by atoms with Gasteiger partial charge in [0.25, 0.3) is 0 Å². The zero-order valence-electron chi connectivity index (χ0n) is 13.4. The number of anilines is 2. The summed E-state index contributed by atoms with van der Waals surface area (Å²) in [6, 6.07) is 6.15. The van der Waals surface area contributed by atoms with Gasteiger partial charge in [0.1, 0.15) is 0 Å². The Labute approximate surface area is 127 Å². The van der Waals surface area contributed by atoms with E-state index >= 15 is 0 Å². The molecule has 1 aliphatic heterocycles. The van der Waals surface area contributed by atoms with Crippen molar-refractivity contribution >= 4 is 17.3 Å². The van der Waals surface area contributed by atoms with Crippen LogP contribution in [0, 0.1) is 12.8 Å². The van der Waals surface area contributed by atoms with E-state index in [1.165, 1.54) is 12.8 Å². The fraction of sp³-hybridized carbons (Fsp3) is 0.588. The second-order valence-corrected chi connectivity index (χ2v) is 6.40. The number of hydrogen-bond donors (Lipinski definition) is 2. The number of carbonyl (C=O) groups is 1. The summed E-state index contributed by atoms with van der Waals surface area (Å²) in [6.45, 7) is 8.45. The van der Waals surface area contributed by atoms with Crippen LogP contribution in [-0.4, -0.2) is 29.9 Å². The molecule has 116 valence electrons. The van der Waals surface area contributed by atoms with Gasteiger partial charge in [-0.3, -0.25) is 9.69 Å². The van der Waals surface area contributed by atoms with Crippen LogP contribution in [0.2, 0.25) is 0 Å². The maximum absolute atomic E-state index is 12.1. The molecule has 1 saturated heterocycles. The second kappa shape index (κ2) is 6.94. The number of benzene rings is 1. The fourth-order valence-electron chi connectivity index (χ4n) is 2.98. The first-order valence-electron chi connectivity index (χ1n) is 7.85. The maximum atomic E-state index is 12.1. The van der Waals surface area contributed by atoms with Gasteiger partial charge in [0.2, 0.25) is 5.91 Å². The number of amides is 1. The first-order chi connectivity index (χ1) is 9.95. The molecule has 0 spiro atoms. The smallest absolute Gasteiger partial charge is 0.225 e. The summed E-state index contributed by atoms with van der Waals surface area (Å²) in [7, 11) is 0. The van der Waals surface area contributed by atoms with Crippen molar-refractivity contribution in [3.8, 4) is 0 Å². The minimum Gasteiger partial charge on any atom is -0.399 e. The largest absolute Gasteiger partial charge is 0.399 e. The molecule has 0 saturated carbocycles. The monoisotopic (exact) mass is 289 g/mol. The SMILES string of the molecule is Cc1cc(N)ccc1NC(=O)CCN1CC(C)CCC1C. The third-order valence-electron chi connectivity index (χ3n) is 4.40. The Hall–Kier alpha value is -1.55. The van der Waals surface area contributed by atoms with E-state index in [0.717, 1.165) is 35.9 Å². The van der Waals surface area contributed by atoms with Gasteiger partial charge in [0.15, 0.2) is 0 Å². The van der Waals surface area contributed by atoms with Gasteiger partial charge in [-0.05, 0) is 56.4 Å². The number of rotatable bonds is 4. The van der Waals surface area contributed by atoms with Gasteiger partial charge in [-0.2, -0.15) is 0 Å². The van der Waals surface area contributed by atoms with Crippen LogP contribution >= 0.6 is 0 Å². The molecule has 1 fully saturated rings. The van der Waals surface area contributed by atoms with Gasteiger partial charge >= 0.3 is 0 Å². The molecule has 1 heterocycles. The zero-order chi connectivity index (χ0) is 15.4. The van der Waals surface area contributed by atoms with Crippen LogP contribution in [0.1, 0.15) is 38.7 Å². The number of nitrogens with zero attached hydrogens (tertiary/aromatic N) is 1. The summed E-state index contributed by atoms with van der Waals surface area (Å²) in [6.07, 6.45) is 3.08. The summed E-state index contributed by atoms with van der Waals surface area (Å²) in [4.78, 5) is 14.5. The molecule has 3 N–H and O–H groups in total. The fourth-order valence-corrected chi connectivity index (χ4v) is 2.98. The Balaban J connectivity index is 1.84. The van der Waals surface area contributed by atoms with Gasteiger partial charge in [-0.15, -0.1) is 0 Å². The summed E-state index contributed by atoms with van der Waals surface area (Å²) >= 11 is 0. The number of nitrogen functional groups attached to an aromatic ring is 1. The first-order valence-corrected chi connectivity index (χ1v) is 7.85. The lowest BCUT2D eigenvalue weighted by atomic mass is 9.95. The van der Waals surface area contributed by atoms with Crippen molar-refractivity contribution in [3.05, 3.63) is 23.8 Å². The van der Waals surface area contributed by atoms with E-state index in [-0.39, 0.29) is 5.91 Å². The number of hydrogen-bond acceptors (Lipinski definition) is 3. The standard InChI is InChI=1S/C17H27N3O/c1-12-4-5-14(3)20(11-12)9-8-17(21)19-16-7-6-15(18)10-13(16)2/h6-7,10,12,14H,4-5,8-9,11,18H2,1-3H3,(H,19,21). The van der Waals surface area contributed by atoms with Crippen LogP contribution in [0.4, 0.5) is 11.4 Å². The molecule has 21 heavy (non-hydrogen) atoms. The van der Waals surface area contributed by atoms with Gasteiger partial charge in [-0.1, -0.05) is 6.92 Å². The van der Waals surface area contributed by atoms with Crippen molar-refractivity contribution in [1.82, 2.24) is 4.90 Å². The predicted molar refractivity (Wildman–Crippen MR) is 88.3 cm³/mol. The van der Waals surface area contributed by atoms with Crippen molar-refractivity contribution in [3.63, 3.8) is 0 Å². The quantitative estimate of drug-likeness (QED) is 0.838. The number of nitrogens with two attached hydrogens (primary N) is 1. The van der Waals surface area contributed by atoms with Crippen molar-refractivity contribution < 1.29 is 4.79 Å². The molecule has 1 amide bonds. The average molecular weight is 289 g/mol. The summed E-state index contributed by atoms with van der Waals surface area (Å²) in [5.41, 5.74) is 8.31. The van der Waals surface area contributed by atoms with Crippen LogP contribution in [0.3, 0.4) is 0 Å². The molecule has 4 nitrogen and oxygen atoms in total. The molecular formula is C17H27N3O. The highest BCUT2D eigenvalue weighted by molar-refractivity contribution is 5.91. The predicted octanol–water partition coefficient (Wildman–Crippen LogP) is 3.03. The van der Waals surface area contributed by atoms with Crippen LogP contribution in [0.5, 0.6) is 0 Å². The number of likely N-dealkylation sites (tertiary alicyclic amines) is 1. The maximum Gasteiger partial charge on any atom is 0.225 e. The Bertz CT molecular complexity index is 501. The van der Waals surface area contributed by atoms with Gasteiger partial charge in [0, 0.05) is 36.9 Å². The number of aryl methyl sites for hydroxylation is 1. The normalized spacial score (nSPS) is 23.0. The molecule has 1 aliphatic rings. The van der Waals surface area contributed by atoms with Crippen LogP contribution < -0.4 is 11.1 Å². The van der Waals surface area contributed by atoms with Gasteiger partial charge < -0.3 is 11.1 Å². The molecule has 2 unspecified atom stereocenters. The Morgan fingerprint density at radius 3 is 2.86 bits per heavy atom. The second-order valence-electron chi connectivity index (χ2n) is 6.40. The highest BCUT2D eigenvalue weighted by Crippen LogP contribution is 2.22. The average Bonchev–Trinajstić information content (AvgIpc) is 2.43. The molecule has 2 atom stereocenters. The zero-order valence-corrected chi connectivity index (χ0v) is 13.4. The first kappa shape index (κ1) is 15.8. The van der Waals surface area contributed by atoms with E-state index in [9.17, 15) is 4.79 Å². The summed E-state index contributed by atoms with van der Waals surface area (Å²) in [5, 5.41) is 2.98. The Morgan fingerprint density at radius 1 is 1.38 bits per heavy atom. The molecule has 0 aliphatic carbocycles. The lowest BCUT2D eigenvalue weighted by Crippen LogP contribution is -2.42. The van der Waals surface area contributed by atoms with Gasteiger partial charge in [0.05, 0.1) is 0 Å². The molecular weight excluding hydrogens is 262 g/mol. The van der Waals surface area contributed by atoms with E-state index < -0.39 is 0 Å². The van der Waals surface area contributed by atoms with Crippen LogP contribution in [0.15, 0.2) is 18.2 Å². The topological polar surface area (TPSA) is 58.4 Å². The Kier molecular flexibility index (Phi) is 5.23. The third kappa shape index (κ3) is 4.46. The molecule has 0 bridgehead atoms. The van der Waals surface area contributed by atoms with E-state index in [2.05, 4.69) is 24.1 Å². The highest BCUT2D eigenvalue weighted by Gasteiger charge is 2.22. The number of piperidine rings is 1. The van der Waals surface area contributed by atoms with Crippen molar-refractivity contribution in [2.24, 2.45) is 5.92 Å². The van der Waals surface area contributed by atoms with Crippen molar-refractivity contribution in [1.29, 1.82) is 0 Å². The molecule has 0 aromatic heterocycles. The Morgan fingerprint density at radius 2 is 2.14 bits per heavy atom. The van der Waals surface area contributed by atoms with E-state index in [1.54, 1.807) is 0 Å². The van der Waals surface area contributed by atoms with E-state index in [1.807, 2.05) is 25.1 Å². The number of nitrogens with one attached hydrogen (secondary N) is 1. The summed E-state index contributed by atoms with van der Waals surface area (Å²) < 4.78 is 0. The van der Waals surface area contributed by atoms with Gasteiger partial charge in [-0.25, -0.2) is 0 Å². The lowest BCUT2D eigenvalue weighted by Gasteiger charge is -2.36. The van der Waals surface area contributed by atoms with Crippen molar-refractivity contribution in [2.75, 3.05) is 24.1 Å². The lowest BCUT2D eigenvalue weighted by molar-refractivity contribution is -0.116. The van der Waals surface area contributed by atoms with Crippen molar-refractivity contribution in [2.45, 2.75) is 46.1 Å². The molecule has 1 aromatic carbocycles. The van der Waals surface area contributed by atoms with Crippen LogP contribution in [-0.2, 0) is 4.79 Å². The summed E-state index contributed by atoms with van der Waals surface area (Å²) in [5.74, 6) is 0.817.